The largest absolute Gasteiger partial charge is 0.340 e. The Labute approximate surface area is 143 Å². The molecule has 1 heterocycles. The van der Waals surface area contributed by atoms with Crippen molar-refractivity contribution in [1.82, 2.24) is 9.97 Å². The Hall–Kier alpha value is -3.53. The Morgan fingerprint density at radius 1 is 0.920 bits per heavy atom. The summed E-state index contributed by atoms with van der Waals surface area (Å²) in [4.78, 5) is 8.49. The third-order valence-electron chi connectivity index (χ3n) is 3.34. The molecular formula is C18H13F2N5. The highest BCUT2D eigenvalue weighted by Crippen LogP contribution is 2.23. The van der Waals surface area contributed by atoms with Gasteiger partial charge in [-0.2, -0.15) is 5.26 Å². The topological polar surface area (TPSA) is 73.6 Å². The van der Waals surface area contributed by atoms with Gasteiger partial charge in [-0.05, 0) is 31.2 Å². The van der Waals surface area contributed by atoms with Crippen LogP contribution < -0.4 is 10.6 Å². The molecule has 2 aromatic carbocycles. The molecular weight excluding hydrogens is 324 g/mol. The van der Waals surface area contributed by atoms with Gasteiger partial charge in [0.2, 0.25) is 0 Å². The van der Waals surface area contributed by atoms with Crippen molar-refractivity contribution >= 4 is 23.0 Å². The minimum atomic E-state index is -0.947. The summed E-state index contributed by atoms with van der Waals surface area (Å²) in [6, 6.07) is 14.2. The number of nitrogens with one attached hydrogen (secondary N) is 2. The molecule has 25 heavy (non-hydrogen) atoms. The summed E-state index contributed by atoms with van der Waals surface area (Å²) in [5.74, 6) is -0.503. The van der Waals surface area contributed by atoms with Crippen LogP contribution in [0.25, 0.3) is 0 Å². The van der Waals surface area contributed by atoms with Gasteiger partial charge in [0.1, 0.15) is 23.5 Å². The maximum atomic E-state index is 13.3. The van der Waals surface area contributed by atoms with E-state index in [9.17, 15) is 8.78 Å². The highest BCUT2D eigenvalue weighted by atomic mass is 19.2. The van der Waals surface area contributed by atoms with Crippen LogP contribution >= 0.6 is 0 Å². The highest BCUT2D eigenvalue weighted by molar-refractivity contribution is 5.67. The van der Waals surface area contributed by atoms with E-state index in [-0.39, 0.29) is 0 Å². The number of nitriles is 1. The monoisotopic (exact) mass is 337 g/mol. The lowest BCUT2D eigenvalue weighted by Gasteiger charge is -2.11. The Kier molecular flexibility index (Phi) is 4.53. The molecule has 0 unspecified atom stereocenters. The summed E-state index contributed by atoms with van der Waals surface area (Å²) in [5.41, 5.74) is 1.45. The normalized spacial score (nSPS) is 10.2. The SMILES string of the molecule is Cc1nc(Nc2ccc(F)c(F)c2)cc(Nc2ccccc2C#N)n1. The Bertz CT molecular complexity index is 966. The number of aryl methyl sites for hydroxylation is 1. The molecule has 0 amide bonds. The van der Waals surface area contributed by atoms with Gasteiger partial charge in [0.05, 0.1) is 11.3 Å². The average molecular weight is 337 g/mol. The van der Waals surface area contributed by atoms with Crippen LogP contribution in [-0.4, -0.2) is 9.97 Å². The van der Waals surface area contributed by atoms with Gasteiger partial charge < -0.3 is 10.6 Å². The number of benzene rings is 2. The summed E-state index contributed by atoms with van der Waals surface area (Å²) in [6.45, 7) is 1.71. The van der Waals surface area contributed by atoms with Gasteiger partial charge >= 0.3 is 0 Å². The predicted molar refractivity (Wildman–Crippen MR) is 90.8 cm³/mol. The van der Waals surface area contributed by atoms with Gasteiger partial charge in [-0.3, -0.25) is 0 Å². The first-order valence-corrected chi connectivity index (χ1v) is 7.39. The van der Waals surface area contributed by atoms with E-state index in [1.807, 2.05) is 0 Å². The van der Waals surface area contributed by atoms with Gasteiger partial charge in [0.15, 0.2) is 11.6 Å². The molecule has 0 saturated heterocycles. The van der Waals surface area contributed by atoms with E-state index in [1.165, 1.54) is 6.07 Å². The lowest BCUT2D eigenvalue weighted by atomic mass is 10.2. The van der Waals surface area contributed by atoms with Crippen molar-refractivity contribution in [2.45, 2.75) is 6.92 Å². The van der Waals surface area contributed by atoms with Gasteiger partial charge in [0.25, 0.3) is 0 Å². The first kappa shape index (κ1) is 16.3. The van der Waals surface area contributed by atoms with E-state index >= 15 is 0 Å². The van der Waals surface area contributed by atoms with Crippen LogP contribution in [0.5, 0.6) is 0 Å². The molecule has 5 nitrogen and oxygen atoms in total. The lowest BCUT2D eigenvalue weighted by Crippen LogP contribution is -2.02. The van der Waals surface area contributed by atoms with Gasteiger partial charge in [-0.15, -0.1) is 0 Å². The zero-order valence-electron chi connectivity index (χ0n) is 13.2. The highest BCUT2D eigenvalue weighted by Gasteiger charge is 2.07. The van der Waals surface area contributed by atoms with Crippen molar-refractivity contribution in [3.8, 4) is 6.07 Å². The Morgan fingerprint density at radius 3 is 2.36 bits per heavy atom. The van der Waals surface area contributed by atoms with Crippen LogP contribution in [0.1, 0.15) is 11.4 Å². The number of aromatic nitrogens is 2. The maximum Gasteiger partial charge on any atom is 0.160 e. The van der Waals surface area contributed by atoms with Crippen LogP contribution in [0.4, 0.5) is 31.8 Å². The quantitative estimate of drug-likeness (QED) is 0.737. The van der Waals surface area contributed by atoms with Gasteiger partial charge in [-0.1, -0.05) is 12.1 Å². The first-order chi connectivity index (χ1) is 12.0. The number of para-hydroxylation sites is 1. The fourth-order valence-electron chi connectivity index (χ4n) is 2.25. The van der Waals surface area contributed by atoms with E-state index in [1.54, 1.807) is 37.3 Å². The summed E-state index contributed by atoms with van der Waals surface area (Å²) in [5, 5.41) is 15.1. The molecule has 0 atom stereocenters. The van der Waals surface area contributed by atoms with Crippen LogP contribution in [0.2, 0.25) is 0 Å². The zero-order valence-corrected chi connectivity index (χ0v) is 13.2. The molecule has 0 fully saturated rings. The number of hydrogen-bond acceptors (Lipinski definition) is 5. The molecule has 0 aliphatic carbocycles. The molecule has 3 rings (SSSR count). The maximum absolute atomic E-state index is 13.3. The second-order valence-electron chi connectivity index (χ2n) is 5.22. The van der Waals surface area contributed by atoms with Crippen molar-refractivity contribution in [1.29, 1.82) is 5.26 Å². The number of halogens is 2. The van der Waals surface area contributed by atoms with Crippen LogP contribution in [0, 0.1) is 29.9 Å². The molecule has 2 N–H and O–H groups in total. The molecule has 0 aliphatic rings. The second-order valence-corrected chi connectivity index (χ2v) is 5.22. The number of hydrogen-bond donors (Lipinski definition) is 2. The Morgan fingerprint density at radius 2 is 1.64 bits per heavy atom. The van der Waals surface area contributed by atoms with Crippen molar-refractivity contribution in [2.24, 2.45) is 0 Å². The minimum absolute atomic E-state index is 0.361. The van der Waals surface area contributed by atoms with Crippen molar-refractivity contribution < 1.29 is 8.78 Å². The molecule has 124 valence electrons. The molecule has 0 spiro atoms. The number of rotatable bonds is 4. The molecule has 0 saturated carbocycles. The smallest absolute Gasteiger partial charge is 0.160 e. The zero-order chi connectivity index (χ0) is 17.8. The van der Waals surface area contributed by atoms with Crippen LogP contribution in [-0.2, 0) is 0 Å². The minimum Gasteiger partial charge on any atom is -0.340 e. The number of nitrogens with zero attached hydrogens (tertiary/aromatic N) is 3. The van der Waals surface area contributed by atoms with E-state index in [4.69, 9.17) is 5.26 Å². The van der Waals surface area contributed by atoms with Crippen molar-refractivity contribution in [2.75, 3.05) is 10.6 Å². The average Bonchev–Trinajstić information content (AvgIpc) is 2.58. The first-order valence-electron chi connectivity index (χ1n) is 7.39. The van der Waals surface area contributed by atoms with Gasteiger partial charge in [0, 0.05) is 17.8 Å². The third kappa shape index (κ3) is 3.87. The van der Waals surface area contributed by atoms with E-state index in [0.717, 1.165) is 12.1 Å². The summed E-state index contributed by atoms with van der Waals surface area (Å²) in [7, 11) is 0. The van der Waals surface area contributed by atoms with E-state index in [2.05, 4.69) is 26.7 Å². The predicted octanol–water partition coefficient (Wildman–Crippen LogP) is 4.42. The summed E-state index contributed by atoms with van der Waals surface area (Å²) in [6.07, 6.45) is 0. The van der Waals surface area contributed by atoms with Crippen LogP contribution in [0.15, 0.2) is 48.5 Å². The standard InChI is InChI=1S/C18H13F2N5/c1-11-22-17(24-13-6-7-14(19)15(20)8-13)9-18(23-11)25-16-5-3-2-4-12(16)10-21/h2-9H,1H3,(H2,22,23,24,25). The third-order valence-corrected chi connectivity index (χ3v) is 3.34. The van der Waals surface area contributed by atoms with Crippen LogP contribution in [0.3, 0.4) is 0 Å². The molecule has 1 aromatic heterocycles. The van der Waals surface area contributed by atoms with E-state index < -0.39 is 11.6 Å². The summed E-state index contributed by atoms with van der Waals surface area (Å²) >= 11 is 0. The van der Waals surface area contributed by atoms with E-state index in [0.29, 0.717) is 34.4 Å². The lowest BCUT2D eigenvalue weighted by molar-refractivity contribution is 0.509. The van der Waals surface area contributed by atoms with Gasteiger partial charge in [-0.25, -0.2) is 18.7 Å². The fourth-order valence-corrected chi connectivity index (χ4v) is 2.25. The molecule has 7 heteroatoms. The van der Waals surface area contributed by atoms with Crippen molar-refractivity contribution in [3.63, 3.8) is 0 Å². The molecule has 3 aromatic rings. The summed E-state index contributed by atoms with van der Waals surface area (Å²) < 4.78 is 26.3. The molecule has 0 bridgehead atoms. The Balaban J connectivity index is 1.88. The molecule has 0 aliphatic heterocycles. The fraction of sp³-hybridized carbons (Fsp3) is 0.0556. The number of anilines is 4. The molecule has 0 radical (unpaired) electrons. The van der Waals surface area contributed by atoms with Crippen molar-refractivity contribution in [3.05, 3.63) is 71.6 Å². The second kappa shape index (κ2) is 6.93.